The molecule has 0 bridgehead atoms. The predicted molar refractivity (Wildman–Crippen MR) is 85.4 cm³/mol. The molecule has 1 aromatic heterocycles. The van der Waals surface area contributed by atoms with Gasteiger partial charge in [0.15, 0.2) is 0 Å². The molecule has 2 aromatic rings. The Balaban J connectivity index is 1.70. The number of anilines is 1. The Labute approximate surface area is 138 Å². The zero-order valence-corrected chi connectivity index (χ0v) is 13.1. The lowest BCUT2D eigenvalue weighted by Crippen LogP contribution is -2.18. The van der Waals surface area contributed by atoms with Gasteiger partial charge in [-0.15, -0.1) is 0 Å². The summed E-state index contributed by atoms with van der Waals surface area (Å²) in [5.41, 5.74) is 6.02. The molecular formula is C17H19FN2O4. The maximum atomic E-state index is 13.5. The van der Waals surface area contributed by atoms with Gasteiger partial charge in [0, 0.05) is 12.7 Å². The highest BCUT2D eigenvalue weighted by Gasteiger charge is 2.18. The topological polar surface area (TPSA) is 86.7 Å². The molecule has 1 aromatic carbocycles. The lowest BCUT2D eigenvalue weighted by Gasteiger charge is -2.15. The monoisotopic (exact) mass is 334 g/mol. The molecule has 1 amide bonds. The van der Waals surface area contributed by atoms with Gasteiger partial charge in [-0.1, -0.05) is 0 Å². The van der Waals surface area contributed by atoms with Crippen molar-refractivity contribution in [2.45, 2.75) is 25.5 Å². The third-order valence-corrected chi connectivity index (χ3v) is 3.76. The van der Waals surface area contributed by atoms with Gasteiger partial charge < -0.3 is 24.9 Å². The maximum Gasteiger partial charge on any atom is 0.259 e. The van der Waals surface area contributed by atoms with Gasteiger partial charge in [-0.2, -0.15) is 0 Å². The summed E-state index contributed by atoms with van der Waals surface area (Å²) in [5, 5.41) is 2.63. The van der Waals surface area contributed by atoms with Gasteiger partial charge in [0.1, 0.15) is 30.2 Å². The Kier molecular flexibility index (Phi) is 5.12. The van der Waals surface area contributed by atoms with E-state index in [9.17, 15) is 9.18 Å². The number of nitrogens with two attached hydrogens (primary N) is 1. The molecule has 0 spiro atoms. The third kappa shape index (κ3) is 3.93. The summed E-state index contributed by atoms with van der Waals surface area (Å²) in [4.78, 5) is 12.3. The zero-order valence-electron chi connectivity index (χ0n) is 13.1. The number of carbonyl (C=O) groups excluding carboxylic acids is 1. The predicted octanol–water partition coefficient (Wildman–Crippen LogP) is 2.69. The van der Waals surface area contributed by atoms with E-state index >= 15 is 0 Å². The van der Waals surface area contributed by atoms with E-state index in [1.54, 1.807) is 6.07 Å². The highest BCUT2D eigenvalue weighted by molar-refractivity contribution is 6.04. The summed E-state index contributed by atoms with van der Waals surface area (Å²) in [6, 6.07) is 5.53. The van der Waals surface area contributed by atoms with E-state index in [0.717, 1.165) is 19.4 Å². The van der Waals surface area contributed by atoms with Crippen molar-refractivity contribution >= 4 is 11.6 Å². The number of hydrogen-bond donors (Lipinski definition) is 2. The van der Waals surface area contributed by atoms with Crippen LogP contribution in [0.25, 0.3) is 0 Å². The fourth-order valence-corrected chi connectivity index (χ4v) is 2.49. The summed E-state index contributed by atoms with van der Waals surface area (Å²) in [6.07, 6.45) is 3.27. The largest absolute Gasteiger partial charge is 0.489 e. The molecule has 1 fully saturated rings. The molecule has 24 heavy (non-hydrogen) atoms. The van der Waals surface area contributed by atoms with Gasteiger partial charge in [-0.3, -0.25) is 4.79 Å². The molecule has 2 heterocycles. The molecule has 7 heteroatoms. The first-order valence-corrected chi connectivity index (χ1v) is 7.78. The smallest absolute Gasteiger partial charge is 0.259 e. The minimum absolute atomic E-state index is 0.0274. The van der Waals surface area contributed by atoms with E-state index in [0.29, 0.717) is 23.7 Å². The van der Waals surface area contributed by atoms with Gasteiger partial charge in [0.2, 0.25) is 0 Å². The molecule has 1 aliphatic rings. The van der Waals surface area contributed by atoms with E-state index in [-0.39, 0.29) is 18.3 Å². The first-order chi connectivity index (χ1) is 11.7. The van der Waals surface area contributed by atoms with Crippen LogP contribution in [0.2, 0.25) is 0 Å². The molecule has 3 N–H and O–H groups in total. The summed E-state index contributed by atoms with van der Waals surface area (Å²) >= 11 is 0. The lowest BCUT2D eigenvalue weighted by molar-refractivity contribution is 0.0681. The fraction of sp³-hybridized carbons (Fsp3) is 0.353. The van der Waals surface area contributed by atoms with Crippen LogP contribution >= 0.6 is 0 Å². The Hall–Kier alpha value is -2.38. The third-order valence-electron chi connectivity index (χ3n) is 3.76. The van der Waals surface area contributed by atoms with Crippen molar-refractivity contribution in [3.8, 4) is 5.75 Å². The Bertz CT molecular complexity index is 710. The first kappa shape index (κ1) is 16.5. The van der Waals surface area contributed by atoms with Crippen molar-refractivity contribution in [1.82, 2.24) is 0 Å². The van der Waals surface area contributed by atoms with Crippen LogP contribution in [-0.2, 0) is 11.3 Å². The van der Waals surface area contributed by atoms with E-state index in [1.165, 1.54) is 24.5 Å². The van der Waals surface area contributed by atoms with Crippen molar-refractivity contribution < 1.29 is 23.1 Å². The molecule has 0 radical (unpaired) electrons. The highest BCUT2D eigenvalue weighted by Crippen LogP contribution is 2.27. The number of nitrogens with one attached hydrogen (secondary N) is 1. The Morgan fingerprint density at radius 1 is 1.42 bits per heavy atom. The molecule has 1 aliphatic heterocycles. The van der Waals surface area contributed by atoms with Gasteiger partial charge >= 0.3 is 0 Å². The second-order valence-electron chi connectivity index (χ2n) is 5.55. The van der Waals surface area contributed by atoms with Crippen LogP contribution in [0.4, 0.5) is 10.1 Å². The summed E-state index contributed by atoms with van der Waals surface area (Å²) in [6.45, 7) is 1.28. The molecular weight excluding hydrogens is 315 g/mol. The molecule has 3 rings (SSSR count). The molecule has 0 saturated carbocycles. The van der Waals surface area contributed by atoms with Gasteiger partial charge in [-0.05, 0) is 31.0 Å². The SMILES string of the molecule is NCc1cc(C(=O)Nc2cc(F)ccc2OCC2CCCO2)co1. The van der Waals surface area contributed by atoms with E-state index in [2.05, 4.69) is 5.32 Å². The standard InChI is InChI=1S/C17H19FN2O4/c18-12-3-4-16(24-10-13-2-1-5-22-13)15(7-12)20-17(21)11-6-14(8-19)23-9-11/h3-4,6-7,9,13H,1-2,5,8,10,19H2,(H,20,21). The van der Waals surface area contributed by atoms with Gasteiger partial charge in [0.05, 0.1) is 23.9 Å². The van der Waals surface area contributed by atoms with E-state index in [4.69, 9.17) is 19.6 Å². The summed E-state index contributed by atoms with van der Waals surface area (Å²) in [5.74, 6) is -0.00679. The van der Waals surface area contributed by atoms with Crippen LogP contribution in [0.3, 0.4) is 0 Å². The maximum absolute atomic E-state index is 13.5. The van der Waals surface area contributed by atoms with Crippen LogP contribution < -0.4 is 15.8 Å². The number of halogens is 1. The average molecular weight is 334 g/mol. The van der Waals surface area contributed by atoms with Gasteiger partial charge in [0.25, 0.3) is 5.91 Å². The van der Waals surface area contributed by atoms with Crippen LogP contribution in [0.5, 0.6) is 5.75 Å². The molecule has 1 unspecified atom stereocenters. The number of carbonyl (C=O) groups is 1. The van der Waals surface area contributed by atoms with Crippen molar-refractivity contribution in [3.63, 3.8) is 0 Å². The van der Waals surface area contributed by atoms with Gasteiger partial charge in [-0.25, -0.2) is 4.39 Å². The first-order valence-electron chi connectivity index (χ1n) is 7.78. The quantitative estimate of drug-likeness (QED) is 0.848. The van der Waals surface area contributed by atoms with Crippen molar-refractivity contribution in [3.05, 3.63) is 47.7 Å². The normalized spacial score (nSPS) is 17.0. The summed E-state index contributed by atoms with van der Waals surface area (Å²) < 4.78 is 29.8. The number of rotatable bonds is 6. The fourth-order valence-electron chi connectivity index (χ4n) is 2.49. The second kappa shape index (κ2) is 7.46. The molecule has 128 valence electrons. The van der Waals surface area contributed by atoms with Crippen LogP contribution in [0.15, 0.2) is 34.9 Å². The Morgan fingerprint density at radius 2 is 2.29 bits per heavy atom. The molecule has 0 aliphatic carbocycles. The van der Waals surface area contributed by atoms with E-state index < -0.39 is 11.7 Å². The second-order valence-corrected chi connectivity index (χ2v) is 5.55. The molecule has 1 saturated heterocycles. The minimum atomic E-state index is -0.468. The number of furan rings is 1. The number of benzene rings is 1. The number of hydrogen-bond acceptors (Lipinski definition) is 5. The number of ether oxygens (including phenoxy) is 2. The molecule has 6 nitrogen and oxygen atoms in total. The minimum Gasteiger partial charge on any atom is -0.489 e. The Morgan fingerprint density at radius 3 is 3.00 bits per heavy atom. The van der Waals surface area contributed by atoms with Crippen LogP contribution in [0.1, 0.15) is 29.0 Å². The highest BCUT2D eigenvalue weighted by atomic mass is 19.1. The zero-order chi connectivity index (χ0) is 16.9. The van der Waals surface area contributed by atoms with Crippen molar-refractivity contribution in [1.29, 1.82) is 0 Å². The molecule has 1 atom stereocenters. The summed E-state index contributed by atoms with van der Waals surface area (Å²) in [7, 11) is 0. The van der Waals surface area contributed by atoms with E-state index in [1.807, 2.05) is 0 Å². The lowest BCUT2D eigenvalue weighted by atomic mass is 10.2. The van der Waals surface area contributed by atoms with Crippen molar-refractivity contribution in [2.75, 3.05) is 18.5 Å². The van der Waals surface area contributed by atoms with Crippen molar-refractivity contribution in [2.24, 2.45) is 5.73 Å². The number of amides is 1. The van der Waals surface area contributed by atoms with Crippen LogP contribution in [-0.4, -0.2) is 25.2 Å². The average Bonchev–Trinajstić information content (AvgIpc) is 3.25. The van der Waals surface area contributed by atoms with Crippen LogP contribution in [0, 0.1) is 5.82 Å².